The van der Waals surface area contributed by atoms with Crippen LogP contribution in [0.2, 0.25) is 0 Å². The number of fused-ring (bicyclic) bond motifs is 1. The van der Waals surface area contributed by atoms with Gasteiger partial charge in [0.2, 0.25) is 5.88 Å². The van der Waals surface area contributed by atoms with E-state index in [-0.39, 0.29) is 11.7 Å². The van der Waals surface area contributed by atoms with Gasteiger partial charge in [-0.25, -0.2) is 19.7 Å². The second kappa shape index (κ2) is 8.73. The number of hydrogen-bond acceptors (Lipinski definition) is 6. The summed E-state index contributed by atoms with van der Waals surface area (Å²) in [6, 6.07) is 3.98. The lowest BCUT2D eigenvalue weighted by Crippen LogP contribution is -2.24. The van der Waals surface area contributed by atoms with Gasteiger partial charge in [-0.2, -0.15) is 0 Å². The maximum Gasteiger partial charge on any atom is 0.329 e. The quantitative estimate of drug-likeness (QED) is 0.618. The number of nitrogens with one attached hydrogen (secondary N) is 1. The SMILES string of the molecule is CN(C)CCCOc1ccc(-c2cnc3c(n2)[nH]c(=O)n3C2CCCCC2)cn1. The van der Waals surface area contributed by atoms with Crippen LogP contribution in [-0.4, -0.2) is 56.6 Å². The highest BCUT2D eigenvalue weighted by Gasteiger charge is 2.21. The van der Waals surface area contributed by atoms with Crippen LogP contribution in [0.3, 0.4) is 0 Å². The van der Waals surface area contributed by atoms with Crippen molar-refractivity contribution in [3.05, 3.63) is 35.0 Å². The van der Waals surface area contributed by atoms with Gasteiger partial charge < -0.3 is 9.64 Å². The summed E-state index contributed by atoms with van der Waals surface area (Å²) >= 11 is 0. The van der Waals surface area contributed by atoms with Crippen molar-refractivity contribution in [2.24, 2.45) is 0 Å². The van der Waals surface area contributed by atoms with Crippen molar-refractivity contribution in [2.45, 2.75) is 44.6 Å². The smallest absolute Gasteiger partial charge is 0.329 e. The Labute approximate surface area is 170 Å². The van der Waals surface area contributed by atoms with Crippen LogP contribution >= 0.6 is 0 Å². The van der Waals surface area contributed by atoms with E-state index in [4.69, 9.17) is 4.74 Å². The van der Waals surface area contributed by atoms with Crippen molar-refractivity contribution in [1.82, 2.24) is 29.4 Å². The molecule has 0 amide bonds. The van der Waals surface area contributed by atoms with Gasteiger partial charge in [0, 0.05) is 30.4 Å². The van der Waals surface area contributed by atoms with Crippen LogP contribution in [0.5, 0.6) is 5.88 Å². The molecule has 0 aromatic carbocycles. The zero-order valence-electron chi connectivity index (χ0n) is 17.1. The zero-order valence-corrected chi connectivity index (χ0v) is 17.1. The van der Waals surface area contributed by atoms with Gasteiger partial charge in [0.1, 0.15) is 0 Å². The van der Waals surface area contributed by atoms with E-state index in [1.54, 1.807) is 17.0 Å². The second-order valence-electron chi connectivity index (χ2n) is 7.91. The third-order valence-electron chi connectivity index (χ3n) is 5.40. The monoisotopic (exact) mass is 396 g/mol. The molecule has 3 heterocycles. The maximum atomic E-state index is 12.5. The Bertz CT molecular complexity index is 1000. The van der Waals surface area contributed by atoms with Crippen molar-refractivity contribution in [3.63, 3.8) is 0 Å². The van der Waals surface area contributed by atoms with Crippen molar-refractivity contribution in [1.29, 1.82) is 0 Å². The first-order valence-electron chi connectivity index (χ1n) is 10.3. The van der Waals surface area contributed by atoms with Crippen LogP contribution in [0.15, 0.2) is 29.3 Å². The van der Waals surface area contributed by atoms with Gasteiger partial charge >= 0.3 is 5.69 Å². The number of rotatable bonds is 7. The Kier molecular flexibility index (Phi) is 5.89. The van der Waals surface area contributed by atoms with E-state index in [1.807, 2.05) is 26.2 Å². The number of H-pyrrole nitrogens is 1. The van der Waals surface area contributed by atoms with E-state index in [0.29, 0.717) is 29.5 Å². The van der Waals surface area contributed by atoms with Crippen molar-refractivity contribution in [2.75, 3.05) is 27.2 Å². The fourth-order valence-electron chi connectivity index (χ4n) is 3.89. The summed E-state index contributed by atoms with van der Waals surface area (Å²) in [6.45, 7) is 1.61. The van der Waals surface area contributed by atoms with E-state index in [1.165, 1.54) is 6.42 Å². The highest BCUT2D eigenvalue weighted by molar-refractivity contribution is 5.70. The number of aromatic nitrogens is 5. The fourth-order valence-corrected chi connectivity index (χ4v) is 3.89. The zero-order chi connectivity index (χ0) is 20.2. The Morgan fingerprint density at radius 3 is 2.72 bits per heavy atom. The number of imidazole rings is 1. The molecule has 0 saturated heterocycles. The summed E-state index contributed by atoms with van der Waals surface area (Å²) in [4.78, 5) is 31.0. The molecule has 4 rings (SSSR count). The number of hydrogen-bond donors (Lipinski definition) is 1. The molecule has 3 aromatic rings. The second-order valence-corrected chi connectivity index (χ2v) is 7.91. The average Bonchev–Trinajstić information content (AvgIpc) is 3.07. The van der Waals surface area contributed by atoms with Gasteiger partial charge in [0.05, 0.1) is 18.5 Å². The van der Waals surface area contributed by atoms with Crippen molar-refractivity contribution >= 4 is 11.3 Å². The molecule has 1 aliphatic carbocycles. The molecular weight excluding hydrogens is 368 g/mol. The number of aromatic amines is 1. The van der Waals surface area contributed by atoms with Crippen molar-refractivity contribution in [3.8, 4) is 17.1 Å². The van der Waals surface area contributed by atoms with Gasteiger partial charge in [-0.15, -0.1) is 0 Å². The van der Waals surface area contributed by atoms with Crippen LogP contribution in [-0.2, 0) is 0 Å². The summed E-state index contributed by atoms with van der Waals surface area (Å²) < 4.78 is 7.46. The molecule has 0 bridgehead atoms. The highest BCUT2D eigenvalue weighted by atomic mass is 16.5. The molecule has 0 spiro atoms. The lowest BCUT2D eigenvalue weighted by molar-refractivity contribution is 0.273. The average molecular weight is 396 g/mol. The minimum absolute atomic E-state index is 0.122. The maximum absolute atomic E-state index is 12.5. The number of pyridine rings is 1. The van der Waals surface area contributed by atoms with Crippen LogP contribution in [0.25, 0.3) is 22.6 Å². The van der Waals surface area contributed by atoms with E-state index in [0.717, 1.165) is 44.2 Å². The molecule has 29 heavy (non-hydrogen) atoms. The molecular formula is C21H28N6O2. The summed E-state index contributed by atoms with van der Waals surface area (Å²) in [5, 5.41) is 0. The summed E-state index contributed by atoms with van der Waals surface area (Å²) in [5.74, 6) is 0.596. The third kappa shape index (κ3) is 4.48. The largest absolute Gasteiger partial charge is 0.478 e. The third-order valence-corrected chi connectivity index (χ3v) is 5.40. The summed E-state index contributed by atoms with van der Waals surface area (Å²) in [5.41, 5.74) is 2.57. The van der Waals surface area contributed by atoms with Gasteiger partial charge in [-0.3, -0.25) is 9.55 Å². The number of ether oxygens (including phenoxy) is 1. The molecule has 0 radical (unpaired) electrons. The minimum atomic E-state index is -0.122. The highest BCUT2D eigenvalue weighted by Crippen LogP contribution is 2.29. The Hall–Kier alpha value is -2.74. The normalized spacial score (nSPS) is 15.3. The molecule has 1 aliphatic rings. The molecule has 0 aliphatic heterocycles. The Balaban J connectivity index is 1.50. The predicted molar refractivity (Wildman–Crippen MR) is 112 cm³/mol. The Morgan fingerprint density at radius 2 is 2.00 bits per heavy atom. The molecule has 8 heteroatoms. The van der Waals surface area contributed by atoms with Crippen LogP contribution in [0, 0.1) is 0 Å². The molecule has 154 valence electrons. The predicted octanol–water partition coefficient (Wildman–Crippen LogP) is 3.02. The lowest BCUT2D eigenvalue weighted by atomic mass is 9.95. The van der Waals surface area contributed by atoms with Gasteiger partial charge in [-0.05, 0) is 39.4 Å². The van der Waals surface area contributed by atoms with Crippen LogP contribution in [0.4, 0.5) is 0 Å². The van der Waals surface area contributed by atoms with Gasteiger partial charge in [0.15, 0.2) is 11.3 Å². The van der Waals surface area contributed by atoms with Crippen molar-refractivity contribution < 1.29 is 4.74 Å². The molecule has 0 unspecified atom stereocenters. The topological polar surface area (TPSA) is 88.9 Å². The van der Waals surface area contributed by atoms with Gasteiger partial charge in [0.25, 0.3) is 0 Å². The molecule has 8 nitrogen and oxygen atoms in total. The van der Waals surface area contributed by atoms with Gasteiger partial charge in [-0.1, -0.05) is 19.3 Å². The Morgan fingerprint density at radius 1 is 1.17 bits per heavy atom. The number of nitrogens with zero attached hydrogens (tertiary/aromatic N) is 5. The first kappa shape index (κ1) is 19.6. The van der Waals surface area contributed by atoms with E-state index in [9.17, 15) is 4.79 Å². The molecule has 0 atom stereocenters. The fraction of sp³-hybridized carbons (Fsp3) is 0.524. The molecule has 1 fully saturated rings. The summed E-state index contributed by atoms with van der Waals surface area (Å²) in [7, 11) is 4.09. The van der Waals surface area contributed by atoms with E-state index >= 15 is 0 Å². The first-order chi connectivity index (χ1) is 14.1. The van der Waals surface area contributed by atoms with E-state index < -0.39 is 0 Å². The summed E-state index contributed by atoms with van der Waals surface area (Å²) in [6.07, 6.45) is 9.99. The molecule has 3 aromatic heterocycles. The van der Waals surface area contributed by atoms with Crippen LogP contribution < -0.4 is 10.4 Å². The molecule has 1 N–H and O–H groups in total. The lowest BCUT2D eigenvalue weighted by Gasteiger charge is -2.22. The minimum Gasteiger partial charge on any atom is -0.478 e. The molecule has 1 saturated carbocycles. The van der Waals surface area contributed by atoms with E-state index in [2.05, 4.69) is 24.8 Å². The standard InChI is InChI=1S/C21H28N6O2/c1-26(2)11-6-12-29-18-10-9-15(13-22-18)17-14-23-20-19(24-17)25-21(28)27(20)16-7-4-3-5-8-16/h9-10,13-14,16H,3-8,11-12H2,1-2H3,(H,24,25,28). The van der Waals surface area contributed by atoms with Crippen LogP contribution in [0.1, 0.15) is 44.6 Å². The first-order valence-corrected chi connectivity index (χ1v) is 10.3.